The predicted molar refractivity (Wildman–Crippen MR) is 60.2 cm³/mol. The van der Waals surface area contributed by atoms with Gasteiger partial charge in [0.05, 0.1) is 5.60 Å². The zero-order valence-electron chi connectivity index (χ0n) is 9.62. The average Bonchev–Trinajstić information content (AvgIpc) is 2.18. The highest BCUT2D eigenvalue weighted by Crippen LogP contribution is 2.37. The zero-order valence-corrected chi connectivity index (χ0v) is 9.62. The minimum atomic E-state index is 0.0351. The van der Waals surface area contributed by atoms with E-state index >= 15 is 0 Å². The molecule has 2 heteroatoms. The van der Waals surface area contributed by atoms with Crippen molar-refractivity contribution < 1.29 is 9.47 Å². The van der Waals surface area contributed by atoms with Crippen LogP contribution in [0.15, 0.2) is 24.3 Å². The molecule has 2 rings (SSSR count). The lowest BCUT2D eigenvalue weighted by Gasteiger charge is -2.43. The van der Waals surface area contributed by atoms with E-state index in [1.165, 1.54) is 5.56 Å². The monoisotopic (exact) mass is 206 g/mol. The summed E-state index contributed by atoms with van der Waals surface area (Å²) in [4.78, 5) is 0. The van der Waals surface area contributed by atoms with Gasteiger partial charge in [-0.25, -0.2) is 0 Å². The Labute approximate surface area is 91.2 Å². The van der Waals surface area contributed by atoms with E-state index in [4.69, 9.17) is 9.47 Å². The molecule has 1 saturated carbocycles. The topological polar surface area (TPSA) is 18.5 Å². The van der Waals surface area contributed by atoms with Crippen molar-refractivity contribution in [1.82, 2.24) is 0 Å². The van der Waals surface area contributed by atoms with Crippen LogP contribution in [-0.4, -0.2) is 18.8 Å². The molecule has 0 spiro atoms. The van der Waals surface area contributed by atoms with Gasteiger partial charge in [0.1, 0.15) is 11.9 Å². The quantitative estimate of drug-likeness (QED) is 0.757. The van der Waals surface area contributed by atoms with Crippen LogP contribution in [0.5, 0.6) is 5.75 Å². The van der Waals surface area contributed by atoms with Crippen molar-refractivity contribution in [2.24, 2.45) is 0 Å². The maximum absolute atomic E-state index is 5.90. The van der Waals surface area contributed by atoms with Gasteiger partial charge in [0.25, 0.3) is 0 Å². The molecular weight excluding hydrogens is 188 g/mol. The molecular formula is C13H18O2. The Bertz CT molecular complexity index is 340. The van der Waals surface area contributed by atoms with Crippen molar-refractivity contribution in [2.45, 2.75) is 38.4 Å². The molecule has 0 N–H and O–H groups in total. The molecule has 0 aliphatic heterocycles. The summed E-state index contributed by atoms with van der Waals surface area (Å²) in [6.45, 7) is 4.20. The summed E-state index contributed by atoms with van der Waals surface area (Å²) < 4.78 is 11.3. The Morgan fingerprint density at radius 3 is 2.53 bits per heavy atom. The molecule has 0 saturated heterocycles. The Morgan fingerprint density at radius 2 is 1.93 bits per heavy atom. The van der Waals surface area contributed by atoms with E-state index in [-0.39, 0.29) is 5.60 Å². The first-order valence-corrected chi connectivity index (χ1v) is 5.40. The molecule has 0 bridgehead atoms. The summed E-state index contributed by atoms with van der Waals surface area (Å²) in [5.41, 5.74) is 1.23. The van der Waals surface area contributed by atoms with Gasteiger partial charge in [-0.15, -0.1) is 0 Å². The predicted octanol–water partition coefficient (Wildman–Crippen LogP) is 2.94. The number of aryl methyl sites for hydroxylation is 1. The maximum atomic E-state index is 5.90. The number of para-hydroxylation sites is 1. The highest BCUT2D eigenvalue weighted by molar-refractivity contribution is 5.32. The first kappa shape index (κ1) is 10.5. The van der Waals surface area contributed by atoms with Gasteiger partial charge < -0.3 is 9.47 Å². The van der Waals surface area contributed by atoms with Gasteiger partial charge in [-0.05, 0) is 25.5 Å². The van der Waals surface area contributed by atoms with Crippen molar-refractivity contribution >= 4 is 0 Å². The molecule has 1 aliphatic rings. The van der Waals surface area contributed by atoms with Gasteiger partial charge in [0.2, 0.25) is 0 Å². The normalized spacial score (nSPS) is 29.7. The molecule has 0 unspecified atom stereocenters. The molecule has 0 aromatic heterocycles. The molecule has 1 aromatic rings. The van der Waals surface area contributed by atoms with E-state index in [0.29, 0.717) is 6.10 Å². The van der Waals surface area contributed by atoms with Crippen molar-refractivity contribution in [3.05, 3.63) is 29.8 Å². The van der Waals surface area contributed by atoms with Crippen molar-refractivity contribution in [2.75, 3.05) is 7.11 Å². The highest BCUT2D eigenvalue weighted by Gasteiger charge is 2.42. The van der Waals surface area contributed by atoms with Crippen LogP contribution < -0.4 is 4.74 Å². The van der Waals surface area contributed by atoms with Crippen LogP contribution in [0.3, 0.4) is 0 Å². The number of methoxy groups -OCH3 is 1. The molecule has 0 radical (unpaired) electrons. The minimum Gasteiger partial charge on any atom is -0.490 e. The third kappa shape index (κ3) is 2.15. The van der Waals surface area contributed by atoms with E-state index in [9.17, 15) is 0 Å². The summed E-state index contributed by atoms with van der Waals surface area (Å²) in [5, 5.41) is 0. The lowest BCUT2D eigenvalue weighted by Crippen LogP contribution is -2.48. The van der Waals surface area contributed by atoms with Crippen LogP contribution in [0.2, 0.25) is 0 Å². The molecule has 0 amide bonds. The Balaban J connectivity index is 1.93. The molecule has 1 fully saturated rings. The third-order valence-corrected chi connectivity index (χ3v) is 3.20. The highest BCUT2D eigenvalue weighted by atomic mass is 16.5. The Kier molecular flexibility index (Phi) is 2.70. The fraction of sp³-hybridized carbons (Fsp3) is 0.538. The van der Waals surface area contributed by atoms with Crippen LogP contribution >= 0.6 is 0 Å². The molecule has 15 heavy (non-hydrogen) atoms. The lowest BCUT2D eigenvalue weighted by atomic mass is 9.79. The van der Waals surface area contributed by atoms with E-state index in [1.807, 2.05) is 18.2 Å². The number of hydrogen-bond acceptors (Lipinski definition) is 2. The zero-order chi connectivity index (χ0) is 10.9. The molecule has 1 aromatic carbocycles. The molecule has 82 valence electrons. The fourth-order valence-corrected chi connectivity index (χ4v) is 2.02. The van der Waals surface area contributed by atoms with Gasteiger partial charge in [-0.1, -0.05) is 18.2 Å². The first-order valence-electron chi connectivity index (χ1n) is 5.40. The largest absolute Gasteiger partial charge is 0.490 e. The standard InChI is InChI=1S/C13H18O2/c1-10-6-4-5-7-12(10)15-11-8-13(2,9-11)14-3/h4-7,11H,8-9H2,1-3H3. The number of hydrogen-bond donors (Lipinski definition) is 0. The van der Waals surface area contributed by atoms with Crippen LogP contribution in [0.1, 0.15) is 25.3 Å². The van der Waals surface area contributed by atoms with Gasteiger partial charge >= 0.3 is 0 Å². The minimum absolute atomic E-state index is 0.0351. The van der Waals surface area contributed by atoms with Crippen LogP contribution in [0.25, 0.3) is 0 Å². The fourth-order valence-electron chi connectivity index (χ4n) is 2.02. The Morgan fingerprint density at radius 1 is 1.27 bits per heavy atom. The smallest absolute Gasteiger partial charge is 0.122 e. The summed E-state index contributed by atoms with van der Waals surface area (Å²) in [7, 11) is 1.77. The van der Waals surface area contributed by atoms with Crippen molar-refractivity contribution in [3.63, 3.8) is 0 Å². The summed E-state index contributed by atoms with van der Waals surface area (Å²) in [5.74, 6) is 1.00. The Hall–Kier alpha value is -1.02. The third-order valence-electron chi connectivity index (χ3n) is 3.20. The van der Waals surface area contributed by atoms with Gasteiger partial charge in [0, 0.05) is 20.0 Å². The molecule has 1 aliphatic carbocycles. The summed E-state index contributed by atoms with van der Waals surface area (Å²) in [6.07, 6.45) is 2.28. The number of rotatable bonds is 3. The van der Waals surface area contributed by atoms with E-state index in [2.05, 4.69) is 19.9 Å². The molecule has 0 atom stereocenters. The lowest BCUT2D eigenvalue weighted by molar-refractivity contribution is -0.115. The van der Waals surface area contributed by atoms with Crippen LogP contribution in [0, 0.1) is 6.92 Å². The van der Waals surface area contributed by atoms with Crippen LogP contribution in [0.4, 0.5) is 0 Å². The second-order valence-electron chi connectivity index (χ2n) is 4.57. The number of ether oxygens (including phenoxy) is 2. The second-order valence-corrected chi connectivity index (χ2v) is 4.57. The van der Waals surface area contributed by atoms with Gasteiger partial charge in [-0.3, -0.25) is 0 Å². The van der Waals surface area contributed by atoms with Crippen LogP contribution in [-0.2, 0) is 4.74 Å². The van der Waals surface area contributed by atoms with Gasteiger partial charge in [0.15, 0.2) is 0 Å². The average molecular weight is 206 g/mol. The second kappa shape index (κ2) is 3.86. The van der Waals surface area contributed by atoms with E-state index < -0.39 is 0 Å². The van der Waals surface area contributed by atoms with Crippen molar-refractivity contribution in [3.8, 4) is 5.75 Å². The molecule has 0 heterocycles. The van der Waals surface area contributed by atoms with Crippen molar-refractivity contribution in [1.29, 1.82) is 0 Å². The maximum Gasteiger partial charge on any atom is 0.122 e. The van der Waals surface area contributed by atoms with E-state index in [0.717, 1.165) is 18.6 Å². The first-order chi connectivity index (χ1) is 7.13. The molecule has 2 nitrogen and oxygen atoms in total. The number of benzene rings is 1. The summed E-state index contributed by atoms with van der Waals surface area (Å²) >= 11 is 0. The van der Waals surface area contributed by atoms with Gasteiger partial charge in [-0.2, -0.15) is 0 Å². The summed E-state index contributed by atoms with van der Waals surface area (Å²) in [6, 6.07) is 8.14. The SMILES string of the molecule is COC1(C)CC(Oc2ccccc2C)C1. The van der Waals surface area contributed by atoms with E-state index in [1.54, 1.807) is 7.11 Å².